The summed E-state index contributed by atoms with van der Waals surface area (Å²) in [5, 5.41) is 3.07. The lowest BCUT2D eigenvalue weighted by Crippen LogP contribution is -2.41. The van der Waals surface area contributed by atoms with Gasteiger partial charge in [-0.25, -0.2) is 13.4 Å². The third-order valence-corrected chi connectivity index (χ3v) is 8.55. The predicted molar refractivity (Wildman–Crippen MR) is 138 cm³/mol. The molecule has 3 aromatic carbocycles. The number of imidazole rings is 1. The van der Waals surface area contributed by atoms with Crippen LogP contribution in [0.2, 0.25) is 0 Å². The Morgan fingerprint density at radius 2 is 1.71 bits per heavy atom. The molecule has 7 nitrogen and oxygen atoms in total. The Morgan fingerprint density at radius 3 is 2.43 bits per heavy atom. The number of carbonyl (C=O) groups excluding carboxylic acids is 1. The van der Waals surface area contributed by atoms with Crippen molar-refractivity contribution in [2.75, 3.05) is 18.4 Å². The number of nitrogens with zero attached hydrogens (tertiary/aromatic N) is 2. The minimum atomic E-state index is -3.55. The van der Waals surface area contributed by atoms with Crippen molar-refractivity contribution < 1.29 is 13.2 Å². The molecule has 8 heteroatoms. The number of fused-ring (bicyclic) bond motifs is 1. The van der Waals surface area contributed by atoms with Gasteiger partial charge in [-0.15, -0.1) is 0 Å². The van der Waals surface area contributed by atoms with Crippen LogP contribution >= 0.6 is 0 Å². The number of aryl methyl sites for hydroxylation is 2. The molecule has 2 heterocycles. The van der Waals surface area contributed by atoms with Gasteiger partial charge >= 0.3 is 0 Å². The minimum Gasteiger partial charge on any atom is -0.338 e. The van der Waals surface area contributed by atoms with Crippen molar-refractivity contribution in [1.82, 2.24) is 14.3 Å². The number of nitrogens with one attached hydrogen (secondary N) is 2. The van der Waals surface area contributed by atoms with E-state index in [1.807, 2.05) is 56.3 Å². The maximum Gasteiger partial charge on any atom is 0.243 e. The Hall–Kier alpha value is -3.49. The number of hydrogen-bond acceptors (Lipinski definition) is 4. The van der Waals surface area contributed by atoms with E-state index in [1.165, 1.54) is 4.31 Å². The van der Waals surface area contributed by atoms with E-state index < -0.39 is 10.0 Å². The van der Waals surface area contributed by atoms with E-state index >= 15 is 0 Å². The molecule has 0 saturated carbocycles. The van der Waals surface area contributed by atoms with Crippen LogP contribution in [-0.4, -0.2) is 41.7 Å². The van der Waals surface area contributed by atoms with E-state index in [-0.39, 0.29) is 11.8 Å². The molecule has 0 radical (unpaired) electrons. The molecular weight excluding hydrogens is 460 g/mol. The van der Waals surface area contributed by atoms with Crippen molar-refractivity contribution in [3.05, 3.63) is 77.9 Å². The minimum absolute atomic E-state index is 0.0813. The Balaban J connectivity index is 1.26. The first kappa shape index (κ1) is 23.3. The summed E-state index contributed by atoms with van der Waals surface area (Å²) in [4.78, 5) is 21.3. The Bertz CT molecular complexity index is 1450. The summed E-state index contributed by atoms with van der Waals surface area (Å²) < 4.78 is 27.4. The molecule has 1 saturated heterocycles. The smallest absolute Gasteiger partial charge is 0.243 e. The van der Waals surface area contributed by atoms with Gasteiger partial charge < -0.3 is 10.3 Å². The summed E-state index contributed by atoms with van der Waals surface area (Å²) in [5.74, 6) is 0.423. The highest BCUT2D eigenvalue weighted by Crippen LogP contribution is 2.28. The quantitative estimate of drug-likeness (QED) is 0.418. The van der Waals surface area contributed by atoms with Crippen molar-refractivity contribution in [3.8, 4) is 11.4 Å². The van der Waals surface area contributed by atoms with Crippen molar-refractivity contribution in [2.45, 2.75) is 31.6 Å². The van der Waals surface area contributed by atoms with Gasteiger partial charge in [0.15, 0.2) is 0 Å². The van der Waals surface area contributed by atoms with E-state index in [9.17, 15) is 13.2 Å². The fourth-order valence-electron chi connectivity index (χ4n) is 4.45. The fourth-order valence-corrected chi connectivity index (χ4v) is 5.92. The molecular formula is C27H28N4O3S. The molecule has 0 unspecified atom stereocenters. The number of H-pyrrole nitrogens is 1. The number of aromatic nitrogens is 2. The van der Waals surface area contributed by atoms with Gasteiger partial charge in [0.2, 0.25) is 15.9 Å². The zero-order valence-electron chi connectivity index (χ0n) is 19.8. The van der Waals surface area contributed by atoms with Crippen molar-refractivity contribution >= 4 is 32.7 Å². The lowest BCUT2D eigenvalue weighted by atomic mass is 9.97. The standard InChI is InChI=1S/C27H28N4O3S/c1-18-7-11-22(12-8-18)35(33,34)31-15-13-20(14-16-31)27(32)30-25-17-21(10-9-19(25)2)26-28-23-5-3-4-6-24(23)29-26/h3-12,17,20H,13-16H2,1-2H3,(H,28,29)(H,30,32). The number of aromatic amines is 1. The summed E-state index contributed by atoms with van der Waals surface area (Å²) in [7, 11) is -3.55. The van der Waals surface area contributed by atoms with E-state index in [2.05, 4.69) is 15.3 Å². The topological polar surface area (TPSA) is 95.2 Å². The number of benzene rings is 3. The van der Waals surface area contributed by atoms with Crippen molar-refractivity contribution in [3.63, 3.8) is 0 Å². The van der Waals surface area contributed by atoms with Crippen LogP contribution < -0.4 is 5.32 Å². The molecule has 1 aliphatic rings. The summed E-state index contributed by atoms with van der Waals surface area (Å²) in [5.41, 5.74) is 5.45. The monoisotopic (exact) mass is 488 g/mol. The van der Waals surface area contributed by atoms with Crippen LogP contribution in [0, 0.1) is 19.8 Å². The van der Waals surface area contributed by atoms with Crippen LogP contribution in [0.1, 0.15) is 24.0 Å². The Labute approximate surface area is 205 Å². The summed E-state index contributed by atoms with van der Waals surface area (Å²) in [6.07, 6.45) is 0.971. The van der Waals surface area contributed by atoms with E-state index in [4.69, 9.17) is 0 Å². The zero-order valence-corrected chi connectivity index (χ0v) is 20.6. The molecule has 1 amide bonds. The molecule has 1 aliphatic heterocycles. The molecule has 0 bridgehead atoms. The molecule has 35 heavy (non-hydrogen) atoms. The van der Waals surface area contributed by atoms with Gasteiger partial charge in [0.25, 0.3) is 0 Å². The average molecular weight is 489 g/mol. The first-order chi connectivity index (χ1) is 16.8. The second-order valence-electron chi connectivity index (χ2n) is 9.11. The SMILES string of the molecule is Cc1ccc(S(=O)(=O)N2CCC(C(=O)Nc3cc(-c4nc5ccccc5[nH]4)ccc3C)CC2)cc1. The van der Waals surface area contributed by atoms with Gasteiger partial charge in [-0.3, -0.25) is 4.79 Å². The van der Waals surface area contributed by atoms with E-state index in [1.54, 1.807) is 24.3 Å². The van der Waals surface area contributed by atoms with Gasteiger partial charge in [0.1, 0.15) is 5.82 Å². The lowest BCUT2D eigenvalue weighted by molar-refractivity contribution is -0.120. The van der Waals surface area contributed by atoms with E-state index in [0.29, 0.717) is 30.8 Å². The lowest BCUT2D eigenvalue weighted by Gasteiger charge is -2.30. The van der Waals surface area contributed by atoms with Crippen LogP contribution in [0.4, 0.5) is 5.69 Å². The normalized spacial score (nSPS) is 15.4. The Morgan fingerprint density at radius 1 is 1.00 bits per heavy atom. The van der Waals surface area contributed by atoms with Gasteiger partial charge in [0, 0.05) is 30.3 Å². The van der Waals surface area contributed by atoms with Crippen LogP contribution in [0.3, 0.4) is 0 Å². The number of amides is 1. The van der Waals surface area contributed by atoms with Crippen LogP contribution in [0.5, 0.6) is 0 Å². The highest BCUT2D eigenvalue weighted by molar-refractivity contribution is 7.89. The van der Waals surface area contributed by atoms with Crippen molar-refractivity contribution in [2.24, 2.45) is 5.92 Å². The van der Waals surface area contributed by atoms with Crippen LogP contribution in [0.25, 0.3) is 22.4 Å². The van der Waals surface area contributed by atoms with Gasteiger partial charge in [-0.05, 0) is 62.6 Å². The number of para-hydroxylation sites is 2. The van der Waals surface area contributed by atoms with Crippen LogP contribution in [-0.2, 0) is 14.8 Å². The van der Waals surface area contributed by atoms with Crippen molar-refractivity contribution in [1.29, 1.82) is 0 Å². The molecule has 180 valence electrons. The number of carbonyl (C=O) groups is 1. The first-order valence-electron chi connectivity index (χ1n) is 11.7. The van der Waals surface area contributed by atoms with E-state index in [0.717, 1.165) is 39.2 Å². The Kier molecular flexibility index (Phi) is 6.17. The molecule has 0 atom stereocenters. The summed E-state index contributed by atoms with van der Waals surface area (Å²) in [6.45, 7) is 4.53. The fraction of sp³-hybridized carbons (Fsp3) is 0.259. The number of rotatable bonds is 5. The largest absolute Gasteiger partial charge is 0.338 e. The second-order valence-corrected chi connectivity index (χ2v) is 11.1. The number of piperidine rings is 1. The molecule has 4 aromatic rings. The highest BCUT2D eigenvalue weighted by atomic mass is 32.2. The summed E-state index contributed by atoms with van der Waals surface area (Å²) in [6, 6.07) is 20.6. The number of hydrogen-bond donors (Lipinski definition) is 2. The molecule has 2 N–H and O–H groups in total. The molecule has 0 aliphatic carbocycles. The third kappa shape index (κ3) is 4.72. The van der Waals surface area contributed by atoms with Gasteiger partial charge in [-0.2, -0.15) is 4.31 Å². The van der Waals surface area contributed by atoms with Crippen LogP contribution in [0.15, 0.2) is 71.6 Å². The molecule has 5 rings (SSSR count). The third-order valence-electron chi connectivity index (χ3n) is 6.64. The second kappa shape index (κ2) is 9.28. The molecule has 0 spiro atoms. The van der Waals surface area contributed by atoms with Gasteiger partial charge in [-0.1, -0.05) is 42.0 Å². The zero-order chi connectivity index (χ0) is 24.6. The van der Waals surface area contributed by atoms with Gasteiger partial charge in [0.05, 0.1) is 15.9 Å². The predicted octanol–water partition coefficient (Wildman–Crippen LogP) is 4.89. The number of sulfonamides is 1. The number of anilines is 1. The molecule has 1 aromatic heterocycles. The summed E-state index contributed by atoms with van der Waals surface area (Å²) >= 11 is 0. The average Bonchev–Trinajstić information content (AvgIpc) is 3.30. The first-order valence-corrected chi connectivity index (χ1v) is 13.2. The maximum absolute atomic E-state index is 13.1. The molecule has 1 fully saturated rings. The maximum atomic E-state index is 13.1. The highest BCUT2D eigenvalue weighted by Gasteiger charge is 2.32.